The highest BCUT2D eigenvalue weighted by atomic mass is 19.1. The van der Waals surface area contributed by atoms with Gasteiger partial charge in [0.05, 0.1) is 12.5 Å². The van der Waals surface area contributed by atoms with E-state index in [2.05, 4.69) is 15.2 Å². The van der Waals surface area contributed by atoms with E-state index < -0.39 is 11.7 Å². The van der Waals surface area contributed by atoms with Crippen molar-refractivity contribution >= 4 is 17.5 Å². The minimum absolute atomic E-state index is 0.0583. The van der Waals surface area contributed by atoms with E-state index in [1.165, 1.54) is 18.2 Å². The number of piperazine rings is 1. The number of fused-ring (bicyclic) bond motifs is 1. The molecule has 1 atom stereocenters. The van der Waals surface area contributed by atoms with E-state index in [1.807, 2.05) is 17.8 Å². The number of nitrogens with one attached hydrogen (secondary N) is 1. The zero-order chi connectivity index (χ0) is 19.0. The lowest BCUT2D eigenvalue weighted by molar-refractivity contribution is -0.136. The van der Waals surface area contributed by atoms with Gasteiger partial charge in [-0.3, -0.25) is 14.5 Å². The number of rotatable bonds is 3. The Bertz CT molecular complexity index is 873. The van der Waals surface area contributed by atoms with Gasteiger partial charge in [-0.05, 0) is 23.8 Å². The van der Waals surface area contributed by atoms with E-state index in [0.717, 1.165) is 25.5 Å². The van der Waals surface area contributed by atoms with Crippen LogP contribution < -0.4 is 5.32 Å². The number of aromatic nitrogens is 2. The van der Waals surface area contributed by atoms with Crippen molar-refractivity contribution < 1.29 is 14.0 Å². The number of carbonyl (C=O) groups is 2. The Morgan fingerprint density at radius 3 is 2.78 bits per heavy atom. The molecule has 0 radical (unpaired) electrons. The third kappa shape index (κ3) is 3.57. The minimum Gasteiger partial charge on any atom is -0.340 e. The number of nitrogens with zero attached hydrogens (tertiary/aromatic N) is 4. The van der Waals surface area contributed by atoms with Gasteiger partial charge >= 0.3 is 0 Å². The maximum atomic E-state index is 13.7. The van der Waals surface area contributed by atoms with Crippen LogP contribution in [0, 0.1) is 5.82 Å². The van der Waals surface area contributed by atoms with Crippen LogP contribution >= 0.6 is 0 Å². The molecule has 1 aromatic heterocycles. The number of hydrogen-bond acceptors (Lipinski definition) is 4. The molecule has 0 aliphatic carbocycles. The monoisotopic (exact) mass is 371 g/mol. The largest absolute Gasteiger partial charge is 0.340 e. The summed E-state index contributed by atoms with van der Waals surface area (Å²) in [5.74, 6) is -0.342. The molecule has 2 aromatic rings. The Morgan fingerprint density at radius 1 is 1.30 bits per heavy atom. The van der Waals surface area contributed by atoms with Gasteiger partial charge in [-0.2, -0.15) is 0 Å². The number of imidazole rings is 1. The molecule has 1 N–H and O–H groups in total. The van der Waals surface area contributed by atoms with Crippen LogP contribution in [0.15, 0.2) is 30.6 Å². The molecule has 0 saturated carbocycles. The number of carbonyl (C=O) groups excluding carboxylic acids is 2. The van der Waals surface area contributed by atoms with Crippen LogP contribution in [0.1, 0.15) is 23.7 Å². The van der Waals surface area contributed by atoms with Crippen LogP contribution in [0.5, 0.6) is 0 Å². The van der Waals surface area contributed by atoms with Gasteiger partial charge in [-0.15, -0.1) is 0 Å². The Balaban J connectivity index is 1.43. The van der Waals surface area contributed by atoms with Crippen molar-refractivity contribution in [1.29, 1.82) is 0 Å². The molecule has 2 amide bonds. The Labute approximate surface area is 156 Å². The fourth-order valence-electron chi connectivity index (χ4n) is 3.75. The third-order valence-electron chi connectivity index (χ3n) is 5.32. The number of benzene rings is 1. The van der Waals surface area contributed by atoms with Crippen molar-refractivity contribution in [3.05, 3.63) is 47.8 Å². The molecule has 1 fully saturated rings. The van der Waals surface area contributed by atoms with Crippen molar-refractivity contribution in [1.82, 2.24) is 19.4 Å². The average molecular weight is 371 g/mol. The van der Waals surface area contributed by atoms with Crippen molar-refractivity contribution in [2.24, 2.45) is 7.05 Å². The van der Waals surface area contributed by atoms with Crippen molar-refractivity contribution in [2.45, 2.75) is 18.9 Å². The van der Waals surface area contributed by atoms with Gasteiger partial charge in [0.1, 0.15) is 11.6 Å². The summed E-state index contributed by atoms with van der Waals surface area (Å²) in [6.45, 7) is 3.41. The standard InChI is InChI=1S/C19H22FN5O2/c1-23-5-4-21-17(23)12-24-6-8-25(9-7-24)19(27)15-11-18(26)22-16-3-2-13(20)10-14(15)16/h2-5,10,15H,6-9,11-12H2,1H3,(H,22,26)/t15-/m1/s1. The summed E-state index contributed by atoms with van der Waals surface area (Å²) >= 11 is 0. The van der Waals surface area contributed by atoms with E-state index in [4.69, 9.17) is 0 Å². The average Bonchev–Trinajstić information content (AvgIpc) is 3.06. The van der Waals surface area contributed by atoms with Gasteiger partial charge in [0.15, 0.2) is 0 Å². The molecule has 1 saturated heterocycles. The zero-order valence-corrected chi connectivity index (χ0v) is 15.2. The summed E-state index contributed by atoms with van der Waals surface area (Å²) in [6, 6.07) is 4.17. The lowest BCUT2D eigenvalue weighted by Crippen LogP contribution is -2.50. The molecule has 1 aromatic carbocycles. The van der Waals surface area contributed by atoms with Crippen LogP contribution in [0.4, 0.5) is 10.1 Å². The van der Waals surface area contributed by atoms with Crippen LogP contribution in [-0.4, -0.2) is 57.3 Å². The quantitative estimate of drug-likeness (QED) is 0.884. The second kappa shape index (κ2) is 7.11. The van der Waals surface area contributed by atoms with E-state index in [-0.39, 0.29) is 18.2 Å². The number of halogens is 1. The SMILES string of the molecule is Cn1ccnc1CN1CCN(C(=O)[C@@H]2CC(=O)Nc3ccc(F)cc32)CC1. The minimum atomic E-state index is -0.620. The first kappa shape index (κ1) is 17.7. The Morgan fingerprint density at radius 2 is 2.07 bits per heavy atom. The highest BCUT2D eigenvalue weighted by Gasteiger charge is 2.35. The number of amides is 2. The molecule has 4 rings (SSSR count). The fraction of sp³-hybridized carbons (Fsp3) is 0.421. The molecule has 2 aliphatic rings. The maximum absolute atomic E-state index is 13.7. The summed E-state index contributed by atoms with van der Waals surface area (Å²) in [4.78, 5) is 33.4. The zero-order valence-electron chi connectivity index (χ0n) is 15.2. The molecular weight excluding hydrogens is 349 g/mol. The number of anilines is 1. The van der Waals surface area contributed by atoms with Crippen molar-refractivity contribution in [3.63, 3.8) is 0 Å². The topological polar surface area (TPSA) is 70.5 Å². The normalized spacial score (nSPS) is 20.3. The summed E-state index contributed by atoms with van der Waals surface area (Å²) in [7, 11) is 1.97. The van der Waals surface area contributed by atoms with Gasteiger partial charge in [0, 0.05) is 57.7 Å². The first-order valence-electron chi connectivity index (χ1n) is 9.08. The van der Waals surface area contributed by atoms with Gasteiger partial charge in [-0.1, -0.05) is 0 Å². The molecule has 0 bridgehead atoms. The smallest absolute Gasteiger partial charge is 0.230 e. The van der Waals surface area contributed by atoms with Crippen LogP contribution in [0.2, 0.25) is 0 Å². The Kier molecular flexibility index (Phi) is 4.65. The summed E-state index contributed by atoms with van der Waals surface area (Å²) in [5, 5.41) is 2.72. The Hall–Kier alpha value is -2.74. The summed E-state index contributed by atoms with van der Waals surface area (Å²) in [5.41, 5.74) is 1.09. The molecule has 2 aliphatic heterocycles. The van der Waals surface area contributed by atoms with E-state index in [1.54, 1.807) is 11.1 Å². The van der Waals surface area contributed by atoms with Crippen LogP contribution in [0.25, 0.3) is 0 Å². The highest BCUT2D eigenvalue weighted by molar-refractivity contribution is 6.01. The first-order valence-corrected chi connectivity index (χ1v) is 9.08. The van der Waals surface area contributed by atoms with Gasteiger partial charge in [-0.25, -0.2) is 9.37 Å². The van der Waals surface area contributed by atoms with Crippen LogP contribution in [0.3, 0.4) is 0 Å². The van der Waals surface area contributed by atoms with Crippen molar-refractivity contribution in [3.8, 4) is 0 Å². The van der Waals surface area contributed by atoms with Gasteiger partial charge in [0.25, 0.3) is 0 Å². The predicted molar refractivity (Wildman–Crippen MR) is 97.5 cm³/mol. The second-order valence-corrected chi connectivity index (χ2v) is 7.09. The maximum Gasteiger partial charge on any atom is 0.230 e. The van der Waals surface area contributed by atoms with Gasteiger partial charge in [0.2, 0.25) is 11.8 Å². The van der Waals surface area contributed by atoms with Crippen molar-refractivity contribution in [2.75, 3.05) is 31.5 Å². The molecule has 0 unspecified atom stereocenters. The summed E-state index contributed by atoms with van der Waals surface area (Å²) in [6.07, 6.45) is 3.75. The van der Waals surface area contributed by atoms with E-state index in [0.29, 0.717) is 24.3 Å². The molecule has 142 valence electrons. The molecule has 27 heavy (non-hydrogen) atoms. The lowest BCUT2D eigenvalue weighted by atomic mass is 9.89. The number of aryl methyl sites for hydroxylation is 1. The molecule has 8 heteroatoms. The first-order chi connectivity index (χ1) is 13.0. The molecule has 7 nitrogen and oxygen atoms in total. The summed E-state index contributed by atoms with van der Waals surface area (Å²) < 4.78 is 15.7. The number of hydrogen-bond donors (Lipinski definition) is 1. The molecule has 0 spiro atoms. The molecular formula is C19H22FN5O2. The second-order valence-electron chi connectivity index (χ2n) is 7.09. The lowest BCUT2D eigenvalue weighted by Gasteiger charge is -2.37. The van der Waals surface area contributed by atoms with E-state index >= 15 is 0 Å². The molecule has 3 heterocycles. The fourth-order valence-corrected chi connectivity index (χ4v) is 3.75. The third-order valence-corrected chi connectivity index (χ3v) is 5.32. The van der Waals surface area contributed by atoms with E-state index in [9.17, 15) is 14.0 Å². The van der Waals surface area contributed by atoms with Crippen LogP contribution in [-0.2, 0) is 23.2 Å². The predicted octanol–water partition coefficient (Wildman–Crippen LogP) is 1.33. The highest BCUT2D eigenvalue weighted by Crippen LogP contribution is 2.34. The van der Waals surface area contributed by atoms with Gasteiger partial charge < -0.3 is 14.8 Å².